The second kappa shape index (κ2) is 3.87. The van der Waals surface area contributed by atoms with Crippen molar-refractivity contribution in [1.82, 2.24) is 9.55 Å². The van der Waals surface area contributed by atoms with Gasteiger partial charge in [-0.2, -0.15) is 0 Å². The van der Waals surface area contributed by atoms with Crippen molar-refractivity contribution in [3.8, 4) is 0 Å². The highest BCUT2D eigenvalue weighted by Gasteiger charge is 2.31. The van der Waals surface area contributed by atoms with Crippen LogP contribution in [0, 0.1) is 0 Å². The van der Waals surface area contributed by atoms with E-state index in [2.05, 4.69) is 4.98 Å². The number of hydrogen-bond donors (Lipinski definition) is 1. The topological polar surface area (TPSA) is 72.2 Å². The normalized spacial score (nSPS) is 22.5. The van der Waals surface area contributed by atoms with Gasteiger partial charge in [-0.05, 0) is 12.8 Å². The molecule has 1 atom stereocenters. The number of nitrogens with zero attached hydrogens (tertiary/aromatic N) is 2. The lowest BCUT2D eigenvalue weighted by Gasteiger charge is -2.10. The molecule has 0 aromatic carbocycles. The van der Waals surface area contributed by atoms with Crippen molar-refractivity contribution in [2.45, 2.75) is 36.4 Å². The number of carbonyl (C=O) groups is 1. The van der Waals surface area contributed by atoms with Gasteiger partial charge in [0.15, 0.2) is 5.16 Å². The van der Waals surface area contributed by atoms with Crippen LogP contribution in [0.4, 0.5) is 0 Å². The molecule has 6 heteroatoms. The summed E-state index contributed by atoms with van der Waals surface area (Å²) in [5.74, 6) is 0.206. The fourth-order valence-corrected chi connectivity index (χ4v) is 3.27. The highest BCUT2D eigenvalue weighted by Crippen LogP contribution is 2.40. The van der Waals surface area contributed by atoms with Gasteiger partial charge >= 0.3 is 5.97 Å². The van der Waals surface area contributed by atoms with E-state index in [1.165, 1.54) is 16.3 Å². The Morgan fingerprint density at radius 2 is 2.35 bits per heavy atom. The smallest absolute Gasteiger partial charge is 0.305 e. The third-order valence-electron chi connectivity index (χ3n) is 3.12. The molecule has 1 N–H and O–H groups in total. The molecular formula is C11H12N2O3S. The summed E-state index contributed by atoms with van der Waals surface area (Å²) in [5.41, 5.74) is 0.776. The van der Waals surface area contributed by atoms with Crippen molar-refractivity contribution in [3.63, 3.8) is 0 Å². The Kier molecular flexibility index (Phi) is 2.47. The fourth-order valence-electron chi connectivity index (χ4n) is 2.11. The van der Waals surface area contributed by atoms with E-state index >= 15 is 0 Å². The molecule has 1 aliphatic heterocycles. The van der Waals surface area contributed by atoms with Crippen molar-refractivity contribution >= 4 is 17.7 Å². The van der Waals surface area contributed by atoms with E-state index in [-0.39, 0.29) is 18.0 Å². The van der Waals surface area contributed by atoms with E-state index < -0.39 is 5.97 Å². The van der Waals surface area contributed by atoms with E-state index in [1.54, 1.807) is 6.07 Å². The Labute approximate surface area is 102 Å². The van der Waals surface area contributed by atoms with Gasteiger partial charge in [0.2, 0.25) is 0 Å². The number of hydrogen-bond acceptors (Lipinski definition) is 4. The molecular weight excluding hydrogens is 240 g/mol. The van der Waals surface area contributed by atoms with Crippen molar-refractivity contribution < 1.29 is 9.90 Å². The summed E-state index contributed by atoms with van der Waals surface area (Å²) in [6, 6.07) is 1.32. The van der Waals surface area contributed by atoms with Crippen molar-refractivity contribution in [1.29, 1.82) is 0 Å². The number of carboxylic acids is 1. The zero-order valence-corrected chi connectivity index (χ0v) is 9.94. The summed E-state index contributed by atoms with van der Waals surface area (Å²) in [4.78, 5) is 27.2. The van der Waals surface area contributed by atoms with Gasteiger partial charge in [-0.1, -0.05) is 11.8 Å². The van der Waals surface area contributed by atoms with E-state index in [0.717, 1.165) is 18.5 Å². The van der Waals surface area contributed by atoms with Crippen LogP contribution < -0.4 is 5.56 Å². The van der Waals surface area contributed by atoms with E-state index in [4.69, 9.17) is 5.11 Å². The molecule has 1 saturated carbocycles. The quantitative estimate of drug-likeness (QED) is 0.819. The molecule has 0 unspecified atom stereocenters. The maximum Gasteiger partial charge on any atom is 0.305 e. The maximum atomic E-state index is 12.0. The minimum atomic E-state index is -0.874. The van der Waals surface area contributed by atoms with Crippen LogP contribution >= 0.6 is 11.8 Å². The van der Waals surface area contributed by atoms with Crippen LogP contribution in [0.1, 0.15) is 36.9 Å². The van der Waals surface area contributed by atoms with Gasteiger partial charge in [-0.15, -0.1) is 0 Å². The molecule has 17 heavy (non-hydrogen) atoms. The van der Waals surface area contributed by atoms with E-state index in [1.807, 2.05) is 0 Å². The molecule has 0 spiro atoms. The second-order valence-corrected chi connectivity index (χ2v) is 5.50. The van der Waals surface area contributed by atoms with Gasteiger partial charge in [0.05, 0.1) is 18.2 Å². The Bertz CT molecular complexity index is 536. The number of fused-ring (bicyclic) bond motifs is 1. The summed E-state index contributed by atoms with van der Waals surface area (Å²) >= 11 is 1.48. The summed E-state index contributed by atoms with van der Waals surface area (Å²) in [6.07, 6.45) is 2.21. The standard InChI is InChI=1S/C11H12N2O3S/c14-9-4-8(6-1-2-6)12-11-13(9)7(5-17-11)3-10(15)16/h4,6-7H,1-3,5H2,(H,15,16)/t7-/m0/s1. The van der Waals surface area contributed by atoms with Crippen LogP contribution in [0.2, 0.25) is 0 Å². The van der Waals surface area contributed by atoms with Crippen molar-refractivity contribution in [3.05, 3.63) is 22.1 Å². The third kappa shape index (κ3) is 1.97. The second-order valence-electron chi connectivity index (χ2n) is 4.51. The zero-order valence-electron chi connectivity index (χ0n) is 9.13. The molecule has 0 amide bonds. The first kappa shape index (κ1) is 10.8. The third-order valence-corrected chi connectivity index (χ3v) is 4.21. The molecule has 90 valence electrons. The molecule has 3 rings (SSSR count). The minimum absolute atomic E-state index is 0.00956. The first-order valence-corrected chi connectivity index (χ1v) is 6.62. The van der Waals surface area contributed by atoms with E-state index in [0.29, 0.717) is 16.8 Å². The number of rotatable bonds is 3. The predicted octanol–water partition coefficient (Wildman–Crippen LogP) is 1.24. The minimum Gasteiger partial charge on any atom is -0.481 e. The van der Waals surface area contributed by atoms with Crippen LogP contribution in [-0.2, 0) is 4.79 Å². The molecule has 1 aromatic rings. The average molecular weight is 252 g/mol. The Balaban J connectivity index is 1.98. The lowest BCUT2D eigenvalue weighted by Crippen LogP contribution is -2.26. The van der Waals surface area contributed by atoms with Crippen molar-refractivity contribution in [2.75, 3.05) is 5.75 Å². The van der Waals surface area contributed by atoms with Crippen LogP contribution in [0.25, 0.3) is 0 Å². The van der Waals surface area contributed by atoms with E-state index in [9.17, 15) is 9.59 Å². The molecule has 5 nitrogen and oxygen atoms in total. The molecule has 0 saturated heterocycles. The van der Waals surface area contributed by atoms with Gasteiger partial charge in [-0.25, -0.2) is 4.98 Å². The fraction of sp³-hybridized carbons (Fsp3) is 0.545. The first-order valence-electron chi connectivity index (χ1n) is 5.63. The highest BCUT2D eigenvalue weighted by atomic mass is 32.2. The van der Waals surface area contributed by atoms with Gasteiger partial charge < -0.3 is 5.11 Å². The Morgan fingerprint density at radius 1 is 1.59 bits per heavy atom. The monoisotopic (exact) mass is 252 g/mol. The summed E-state index contributed by atoms with van der Waals surface area (Å²) < 4.78 is 1.53. The molecule has 1 aromatic heterocycles. The number of aromatic nitrogens is 2. The van der Waals surface area contributed by atoms with Gasteiger partial charge in [0.25, 0.3) is 5.56 Å². The summed E-state index contributed by atoms with van der Waals surface area (Å²) in [7, 11) is 0. The largest absolute Gasteiger partial charge is 0.481 e. The van der Waals surface area contributed by atoms with Crippen LogP contribution in [0.15, 0.2) is 16.0 Å². The number of aliphatic carboxylic acids is 1. The molecule has 0 bridgehead atoms. The molecule has 1 fully saturated rings. The number of carboxylic acid groups (broad SMARTS) is 1. The average Bonchev–Trinajstić information content (AvgIpc) is 3.02. The predicted molar refractivity (Wildman–Crippen MR) is 62.5 cm³/mol. The highest BCUT2D eigenvalue weighted by molar-refractivity contribution is 7.99. The molecule has 2 aliphatic rings. The number of thioether (sulfide) groups is 1. The first-order chi connectivity index (χ1) is 8.15. The lowest BCUT2D eigenvalue weighted by molar-refractivity contribution is -0.137. The molecule has 1 aliphatic carbocycles. The van der Waals surface area contributed by atoms with Crippen LogP contribution in [0.3, 0.4) is 0 Å². The summed E-state index contributed by atoms with van der Waals surface area (Å²) in [5, 5.41) is 9.48. The van der Waals surface area contributed by atoms with Gasteiger partial charge in [-0.3, -0.25) is 14.2 Å². The van der Waals surface area contributed by atoms with Gasteiger partial charge in [0, 0.05) is 17.7 Å². The molecule has 2 heterocycles. The molecule has 0 radical (unpaired) electrons. The van der Waals surface area contributed by atoms with Crippen LogP contribution in [0.5, 0.6) is 0 Å². The SMILES string of the molecule is O=C(O)C[C@H]1CSc2nc(C3CC3)cc(=O)n21. The maximum absolute atomic E-state index is 12.0. The van der Waals surface area contributed by atoms with Crippen molar-refractivity contribution in [2.24, 2.45) is 0 Å². The van der Waals surface area contributed by atoms with Gasteiger partial charge in [0.1, 0.15) is 0 Å². The Morgan fingerprint density at radius 3 is 3.00 bits per heavy atom. The lowest BCUT2D eigenvalue weighted by atomic mass is 10.2. The Hall–Kier alpha value is -1.30. The van der Waals surface area contributed by atoms with Crippen LogP contribution in [-0.4, -0.2) is 26.4 Å². The summed E-state index contributed by atoms with van der Waals surface area (Å²) in [6.45, 7) is 0. The zero-order chi connectivity index (χ0) is 12.0.